The largest absolute Gasteiger partial charge is 0.494 e. The summed E-state index contributed by atoms with van der Waals surface area (Å²) in [5, 5.41) is 5.36. The zero-order valence-corrected chi connectivity index (χ0v) is 17.3. The number of hydrogen-bond acceptors (Lipinski definition) is 7. The lowest BCUT2D eigenvalue weighted by Crippen LogP contribution is -2.44. The number of carbonyl (C=O) groups is 1. The molecule has 1 N–H and O–H groups in total. The molecule has 0 aliphatic carbocycles. The number of anilines is 1. The lowest BCUT2D eigenvalue weighted by atomic mass is 10.2. The van der Waals surface area contributed by atoms with Gasteiger partial charge in [-0.25, -0.2) is 4.98 Å². The van der Waals surface area contributed by atoms with Gasteiger partial charge in [0.05, 0.1) is 24.5 Å². The first-order valence-corrected chi connectivity index (χ1v) is 10.4. The average molecular weight is 406 g/mol. The Bertz CT molecular complexity index is 755. The average Bonchev–Trinajstić information content (AvgIpc) is 3.07. The number of nitrogens with one attached hydrogen (secondary N) is 1. The van der Waals surface area contributed by atoms with Crippen molar-refractivity contribution in [3.05, 3.63) is 35.3 Å². The van der Waals surface area contributed by atoms with Crippen molar-refractivity contribution in [3.8, 4) is 11.5 Å². The second-order valence-electron chi connectivity index (χ2n) is 6.84. The first-order chi connectivity index (χ1) is 13.5. The maximum absolute atomic E-state index is 12.1. The third-order valence-electron chi connectivity index (χ3n) is 4.18. The van der Waals surface area contributed by atoms with Crippen LogP contribution in [-0.4, -0.2) is 54.3 Å². The minimum Gasteiger partial charge on any atom is -0.494 e. The van der Waals surface area contributed by atoms with Crippen LogP contribution < -0.4 is 14.8 Å². The van der Waals surface area contributed by atoms with Gasteiger partial charge in [-0.1, -0.05) is 0 Å². The topological polar surface area (TPSA) is 72.9 Å². The van der Waals surface area contributed by atoms with Gasteiger partial charge in [0.25, 0.3) is 5.91 Å². The number of hydrogen-bond donors (Lipinski definition) is 1. The van der Waals surface area contributed by atoms with Crippen molar-refractivity contribution in [2.75, 3.05) is 31.6 Å². The smallest absolute Gasteiger partial charge is 0.264 e. The molecule has 7 nitrogen and oxygen atoms in total. The zero-order chi connectivity index (χ0) is 19.9. The van der Waals surface area contributed by atoms with Crippen LogP contribution in [-0.2, 0) is 16.1 Å². The fourth-order valence-electron chi connectivity index (χ4n) is 3.18. The molecule has 0 bridgehead atoms. The molecule has 2 unspecified atom stereocenters. The number of amides is 1. The van der Waals surface area contributed by atoms with Gasteiger partial charge >= 0.3 is 0 Å². The quantitative estimate of drug-likeness (QED) is 0.727. The Morgan fingerprint density at radius 1 is 1.21 bits per heavy atom. The Morgan fingerprint density at radius 3 is 2.50 bits per heavy atom. The van der Waals surface area contributed by atoms with E-state index in [9.17, 15) is 4.79 Å². The lowest BCUT2D eigenvalue weighted by molar-refractivity contribution is -0.118. The Labute approximate surface area is 169 Å². The summed E-state index contributed by atoms with van der Waals surface area (Å²) in [5.74, 6) is 1.16. The van der Waals surface area contributed by atoms with E-state index in [0.29, 0.717) is 17.5 Å². The van der Waals surface area contributed by atoms with Crippen molar-refractivity contribution in [2.24, 2.45) is 0 Å². The van der Waals surface area contributed by atoms with Crippen LogP contribution in [0.1, 0.15) is 26.5 Å². The highest BCUT2D eigenvalue weighted by Gasteiger charge is 2.22. The van der Waals surface area contributed by atoms with E-state index >= 15 is 0 Å². The van der Waals surface area contributed by atoms with E-state index in [-0.39, 0.29) is 24.7 Å². The summed E-state index contributed by atoms with van der Waals surface area (Å²) in [4.78, 5) is 19.0. The van der Waals surface area contributed by atoms with Crippen LogP contribution in [0, 0.1) is 0 Å². The monoisotopic (exact) mass is 405 g/mol. The summed E-state index contributed by atoms with van der Waals surface area (Å²) < 4.78 is 16.7. The molecule has 1 aliphatic heterocycles. The fraction of sp³-hybridized carbons (Fsp3) is 0.500. The molecule has 2 atom stereocenters. The molecule has 1 fully saturated rings. The summed E-state index contributed by atoms with van der Waals surface area (Å²) in [6.45, 7) is 9.18. The summed E-state index contributed by atoms with van der Waals surface area (Å²) in [7, 11) is 0. The molecule has 0 radical (unpaired) electrons. The highest BCUT2D eigenvalue weighted by Crippen LogP contribution is 2.20. The molecule has 1 amide bonds. The third kappa shape index (κ3) is 6.19. The minimum atomic E-state index is -0.233. The van der Waals surface area contributed by atoms with Gasteiger partial charge in [-0.15, -0.1) is 11.3 Å². The second kappa shape index (κ2) is 9.86. The maximum Gasteiger partial charge on any atom is 0.264 e. The molecule has 2 heterocycles. The van der Waals surface area contributed by atoms with E-state index in [1.54, 1.807) is 12.1 Å². The summed E-state index contributed by atoms with van der Waals surface area (Å²) in [6, 6.07) is 7.20. The highest BCUT2D eigenvalue weighted by molar-refractivity contribution is 7.13. The van der Waals surface area contributed by atoms with Crippen LogP contribution in [0.3, 0.4) is 0 Å². The highest BCUT2D eigenvalue weighted by atomic mass is 32.1. The van der Waals surface area contributed by atoms with Gasteiger partial charge in [-0.05, 0) is 45.0 Å². The minimum absolute atomic E-state index is 0.0681. The van der Waals surface area contributed by atoms with E-state index in [0.717, 1.165) is 31.1 Å². The first kappa shape index (κ1) is 20.6. The standard InChI is InChI=1S/C20H27N3O4S/c1-4-25-17-5-7-18(8-6-17)26-12-19(24)22-20-21-16(13-28-20)11-23-9-14(2)27-15(3)10-23/h5-8,13-15H,4,9-12H2,1-3H3,(H,21,22,24). The molecular weight excluding hydrogens is 378 g/mol. The lowest BCUT2D eigenvalue weighted by Gasteiger charge is -2.34. The molecule has 2 aromatic rings. The molecule has 28 heavy (non-hydrogen) atoms. The van der Waals surface area contributed by atoms with Gasteiger partial charge in [0.2, 0.25) is 0 Å². The van der Waals surface area contributed by atoms with E-state index in [1.165, 1.54) is 11.3 Å². The van der Waals surface area contributed by atoms with Gasteiger partial charge in [-0.2, -0.15) is 0 Å². The zero-order valence-electron chi connectivity index (χ0n) is 16.5. The number of nitrogens with zero attached hydrogens (tertiary/aromatic N) is 2. The molecular formula is C20H27N3O4S. The van der Waals surface area contributed by atoms with Crippen molar-refractivity contribution >= 4 is 22.4 Å². The van der Waals surface area contributed by atoms with Crippen LogP contribution in [0.4, 0.5) is 5.13 Å². The van der Waals surface area contributed by atoms with Crippen LogP contribution in [0.15, 0.2) is 29.6 Å². The van der Waals surface area contributed by atoms with Gasteiger partial charge in [-0.3, -0.25) is 15.0 Å². The second-order valence-corrected chi connectivity index (χ2v) is 7.69. The van der Waals surface area contributed by atoms with E-state index in [2.05, 4.69) is 29.0 Å². The van der Waals surface area contributed by atoms with Crippen LogP contribution in [0.25, 0.3) is 0 Å². The van der Waals surface area contributed by atoms with Gasteiger partial charge in [0, 0.05) is 25.0 Å². The molecule has 1 aliphatic rings. The van der Waals surface area contributed by atoms with Crippen molar-refractivity contribution in [2.45, 2.75) is 39.5 Å². The number of thiazole rings is 1. The van der Waals surface area contributed by atoms with Gasteiger partial charge in [0.15, 0.2) is 11.7 Å². The number of rotatable bonds is 8. The molecule has 0 saturated carbocycles. The van der Waals surface area contributed by atoms with E-state index in [1.807, 2.05) is 24.4 Å². The first-order valence-electron chi connectivity index (χ1n) is 9.49. The van der Waals surface area contributed by atoms with Gasteiger partial charge in [0.1, 0.15) is 11.5 Å². The molecule has 1 saturated heterocycles. The maximum atomic E-state index is 12.1. The molecule has 1 aromatic heterocycles. The number of benzene rings is 1. The molecule has 3 rings (SSSR count). The predicted octanol–water partition coefficient (Wildman–Crippen LogP) is 3.17. The van der Waals surface area contributed by atoms with Crippen LogP contribution in [0.2, 0.25) is 0 Å². The van der Waals surface area contributed by atoms with Crippen LogP contribution >= 0.6 is 11.3 Å². The summed E-state index contributed by atoms with van der Waals surface area (Å²) in [6.07, 6.45) is 0.447. The number of ether oxygens (including phenoxy) is 3. The van der Waals surface area contributed by atoms with Gasteiger partial charge < -0.3 is 14.2 Å². The van der Waals surface area contributed by atoms with Crippen LogP contribution in [0.5, 0.6) is 11.5 Å². The van der Waals surface area contributed by atoms with Crippen molar-refractivity contribution in [3.63, 3.8) is 0 Å². The normalized spacial score (nSPS) is 20.0. The summed E-state index contributed by atoms with van der Waals surface area (Å²) >= 11 is 1.42. The molecule has 152 valence electrons. The molecule has 0 spiro atoms. The van der Waals surface area contributed by atoms with E-state index < -0.39 is 0 Å². The van der Waals surface area contributed by atoms with E-state index in [4.69, 9.17) is 14.2 Å². The number of aromatic nitrogens is 1. The van der Waals surface area contributed by atoms with Crippen molar-refractivity contribution in [1.29, 1.82) is 0 Å². The molecule has 1 aromatic carbocycles. The third-order valence-corrected chi connectivity index (χ3v) is 4.99. The number of morpholine rings is 1. The fourth-order valence-corrected chi connectivity index (χ4v) is 3.90. The Balaban J connectivity index is 1.44. The predicted molar refractivity (Wildman–Crippen MR) is 109 cm³/mol. The summed E-state index contributed by atoms with van der Waals surface area (Å²) in [5.41, 5.74) is 0.953. The SMILES string of the molecule is CCOc1ccc(OCC(=O)Nc2nc(CN3CC(C)OC(C)C3)cs2)cc1. The number of carbonyl (C=O) groups excluding carboxylic acids is 1. The van der Waals surface area contributed by atoms with Crippen molar-refractivity contribution < 1.29 is 19.0 Å². The van der Waals surface area contributed by atoms with Crippen molar-refractivity contribution in [1.82, 2.24) is 9.88 Å². The Kier molecular flexibility index (Phi) is 7.24. The molecule has 8 heteroatoms. The Morgan fingerprint density at radius 2 is 1.86 bits per heavy atom. The Hall–Kier alpha value is -2.16.